The van der Waals surface area contributed by atoms with Crippen LogP contribution < -0.4 is 16.6 Å². The van der Waals surface area contributed by atoms with Gasteiger partial charge in [0, 0.05) is 30.9 Å². The van der Waals surface area contributed by atoms with Crippen molar-refractivity contribution in [3.8, 4) is 16.8 Å². The normalized spacial score (nSPS) is 16.4. The lowest BCUT2D eigenvalue weighted by atomic mass is 9.82. The average molecular weight is 677 g/mol. The van der Waals surface area contributed by atoms with E-state index in [4.69, 9.17) is 0 Å². The predicted molar refractivity (Wildman–Crippen MR) is 189 cm³/mol. The van der Waals surface area contributed by atoms with Crippen molar-refractivity contribution in [1.82, 2.24) is 28.8 Å². The van der Waals surface area contributed by atoms with E-state index in [1.807, 2.05) is 18.2 Å². The molecule has 0 spiro atoms. The highest BCUT2D eigenvalue weighted by Gasteiger charge is 2.29. The molecule has 6 aromatic rings. The molecule has 0 bridgehead atoms. The molecule has 2 aromatic carbocycles. The Morgan fingerprint density at radius 3 is 2.46 bits per heavy atom. The number of hydrogen-bond donors (Lipinski definition) is 1. The SMILES string of the molecule is CC(C)NCCc1ccc(-c2cccc(-n3c(=O)n(C4CCC(CC(=O)c5cn6cc(F)ccc6n5)CC4)c(=O)c4cc(F)cnc43)c2)cc1. The second-order valence-electron chi connectivity index (χ2n) is 13.5. The van der Waals surface area contributed by atoms with E-state index < -0.39 is 28.9 Å². The van der Waals surface area contributed by atoms with E-state index in [1.165, 1.54) is 43.6 Å². The van der Waals surface area contributed by atoms with E-state index >= 15 is 0 Å². The van der Waals surface area contributed by atoms with Crippen LogP contribution in [-0.4, -0.2) is 41.9 Å². The second kappa shape index (κ2) is 13.9. The number of fused-ring (bicyclic) bond motifs is 2. The maximum absolute atomic E-state index is 14.5. The molecule has 1 N–H and O–H groups in total. The number of ketones is 1. The Bertz CT molecular complexity index is 2320. The molecular formula is C39H38F2N6O3. The van der Waals surface area contributed by atoms with Crippen LogP contribution in [0, 0.1) is 17.6 Å². The molecule has 0 radical (unpaired) electrons. The molecule has 0 atom stereocenters. The average Bonchev–Trinajstić information content (AvgIpc) is 3.53. The minimum Gasteiger partial charge on any atom is -0.314 e. The van der Waals surface area contributed by atoms with Crippen LogP contribution >= 0.6 is 0 Å². The largest absolute Gasteiger partial charge is 0.337 e. The van der Waals surface area contributed by atoms with Crippen molar-refractivity contribution in [3.05, 3.63) is 129 Å². The molecule has 1 aliphatic rings. The molecule has 1 aliphatic carbocycles. The summed E-state index contributed by atoms with van der Waals surface area (Å²) in [5.41, 5.74) is 3.33. The fourth-order valence-corrected chi connectivity index (χ4v) is 7.00. The van der Waals surface area contributed by atoms with Gasteiger partial charge in [0.25, 0.3) is 5.56 Å². The summed E-state index contributed by atoms with van der Waals surface area (Å²) in [5, 5.41) is 3.45. The summed E-state index contributed by atoms with van der Waals surface area (Å²) in [6, 6.07) is 19.7. The number of Topliss-reactive ketones (excluding diaryl/α,β-unsaturated/α-hetero) is 1. The Morgan fingerprint density at radius 2 is 1.70 bits per heavy atom. The molecule has 0 aliphatic heterocycles. The Morgan fingerprint density at radius 1 is 0.920 bits per heavy atom. The van der Waals surface area contributed by atoms with Gasteiger partial charge in [-0.3, -0.25) is 14.2 Å². The van der Waals surface area contributed by atoms with Gasteiger partial charge in [0.1, 0.15) is 23.0 Å². The van der Waals surface area contributed by atoms with Crippen molar-refractivity contribution in [2.75, 3.05) is 6.54 Å². The summed E-state index contributed by atoms with van der Waals surface area (Å²) in [5.74, 6) is -1.19. The highest BCUT2D eigenvalue weighted by atomic mass is 19.1. The first-order chi connectivity index (χ1) is 24.1. The molecule has 50 heavy (non-hydrogen) atoms. The number of benzene rings is 2. The number of carbonyl (C=O) groups excluding carboxylic acids is 1. The first kappa shape index (κ1) is 33.2. The summed E-state index contributed by atoms with van der Waals surface area (Å²) in [6.07, 6.45) is 7.22. The number of halogens is 2. The predicted octanol–water partition coefficient (Wildman–Crippen LogP) is 6.69. The van der Waals surface area contributed by atoms with E-state index in [2.05, 4.69) is 53.4 Å². The van der Waals surface area contributed by atoms with Crippen LogP contribution in [0.25, 0.3) is 33.5 Å². The molecule has 0 amide bonds. The third kappa shape index (κ3) is 6.78. The monoisotopic (exact) mass is 676 g/mol. The van der Waals surface area contributed by atoms with Gasteiger partial charge >= 0.3 is 5.69 Å². The van der Waals surface area contributed by atoms with Gasteiger partial charge in [-0.05, 0) is 91.6 Å². The van der Waals surface area contributed by atoms with Crippen LogP contribution in [-0.2, 0) is 6.42 Å². The van der Waals surface area contributed by atoms with Crippen LogP contribution in [0.4, 0.5) is 8.78 Å². The summed E-state index contributed by atoms with van der Waals surface area (Å²) >= 11 is 0. The Kier molecular flexibility index (Phi) is 9.24. The number of nitrogens with zero attached hydrogens (tertiary/aromatic N) is 5. The van der Waals surface area contributed by atoms with Gasteiger partial charge < -0.3 is 9.72 Å². The third-order valence-electron chi connectivity index (χ3n) is 9.61. The fourth-order valence-electron chi connectivity index (χ4n) is 7.00. The van der Waals surface area contributed by atoms with Crippen LogP contribution in [0.3, 0.4) is 0 Å². The van der Waals surface area contributed by atoms with Crippen LogP contribution in [0.5, 0.6) is 0 Å². The minimum absolute atomic E-state index is 0.0231. The van der Waals surface area contributed by atoms with E-state index in [1.54, 1.807) is 6.07 Å². The highest BCUT2D eigenvalue weighted by molar-refractivity contribution is 5.95. The first-order valence-corrected chi connectivity index (χ1v) is 17.1. The van der Waals surface area contributed by atoms with Crippen LogP contribution in [0.2, 0.25) is 0 Å². The molecule has 0 saturated heterocycles. The minimum atomic E-state index is -0.666. The highest BCUT2D eigenvalue weighted by Crippen LogP contribution is 2.34. The lowest BCUT2D eigenvalue weighted by Crippen LogP contribution is -2.43. The van der Waals surface area contributed by atoms with E-state index in [-0.39, 0.29) is 34.8 Å². The van der Waals surface area contributed by atoms with Gasteiger partial charge in [0.2, 0.25) is 0 Å². The van der Waals surface area contributed by atoms with Gasteiger partial charge in [-0.1, -0.05) is 50.2 Å². The van der Waals surface area contributed by atoms with Crippen molar-refractivity contribution in [1.29, 1.82) is 0 Å². The Balaban J connectivity index is 1.15. The standard InChI is InChI=1S/C39H38F2N6O3/c1-24(2)42-17-16-25-6-10-27(11-7-25)28-4-3-5-32(19-28)46-37-33(20-30(41)21-43-37)38(49)47(39(46)50)31-13-8-26(9-14-31)18-35(48)34-23-45-22-29(40)12-15-36(45)44-34/h3-7,10-12,15,19-24,26,31,42H,8-9,13-14,16-18H2,1-2H3. The Hall–Kier alpha value is -5.29. The van der Waals surface area contributed by atoms with Crippen LogP contribution in [0.1, 0.15) is 68.0 Å². The summed E-state index contributed by atoms with van der Waals surface area (Å²) < 4.78 is 32.3. The molecular weight excluding hydrogens is 638 g/mol. The molecule has 0 unspecified atom stereocenters. The maximum Gasteiger partial charge on any atom is 0.337 e. The quantitative estimate of drug-likeness (QED) is 0.162. The summed E-state index contributed by atoms with van der Waals surface area (Å²) in [7, 11) is 0. The van der Waals surface area contributed by atoms with Crippen molar-refractivity contribution < 1.29 is 13.6 Å². The molecule has 9 nitrogen and oxygen atoms in total. The molecule has 4 heterocycles. The molecule has 11 heteroatoms. The van der Waals surface area contributed by atoms with E-state index in [0.717, 1.165) is 36.4 Å². The van der Waals surface area contributed by atoms with Gasteiger partial charge in [0.05, 0.1) is 17.3 Å². The third-order valence-corrected chi connectivity index (χ3v) is 9.61. The second-order valence-corrected chi connectivity index (χ2v) is 13.5. The Labute approximate surface area is 287 Å². The zero-order valence-electron chi connectivity index (χ0n) is 28.0. The topological polar surface area (TPSA) is 103 Å². The zero-order chi connectivity index (χ0) is 34.9. The van der Waals surface area contributed by atoms with Crippen molar-refractivity contribution >= 4 is 22.5 Å². The van der Waals surface area contributed by atoms with Gasteiger partial charge in [-0.2, -0.15) is 0 Å². The molecule has 7 rings (SSSR count). The molecule has 4 aromatic heterocycles. The van der Waals surface area contributed by atoms with Crippen molar-refractivity contribution in [2.45, 2.75) is 64.5 Å². The number of nitrogens with one attached hydrogen (secondary N) is 1. The zero-order valence-corrected chi connectivity index (χ0v) is 28.0. The molecule has 256 valence electrons. The molecule has 1 saturated carbocycles. The van der Waals surface area contributed by atoms with E-state index in [0.29, 0.717) is 43.1 Å². The van der Waals surface area contributed by atoms with Crippen LogP contribution in [0.15, 0.2) is 94.9 Å². The van der Waals surface area contributed by atoms with Crippen molar-refractivity contribution in [3.63, 3.8) is 0 Å². The number of hydrogen-bond acceptors (Lipinski definition) is 6. The van der Waals surface area contributed by atoms with Gasteiger partial charge in [-0.25, -0.2) is 28.1 Å². The number of rotatable bonds is 10. The number of carbonyl (C=O) groups is 1. The van der Waals surface area contributed by atoms with Gasteiger partial charge in [-0.15, -0.1) is 0 Å². The number of pyridine rings is 2. The first-order valence-electron chi connectivity index (χ1n) is 17.1. The van der Waals surface area contributed by atoms with Gasteiger partial charge in [0.15, 0.2) is 11.4 Å². The summed E-state index contributed by atoms with van der Waals surface area (Å²) in [4.78, 5) is 49.7. The lowest BCUT2D eigenvalue weighted by Gasteiger charge is -2.29. The molecule has 1 fully saturated rings. The summed E-state index contributed by atoms with van der Waals surface area (Å²) in [6.45, 7) is 5.13. The number of imidazole rings is 1. The lowest BCUT2D eigenvalue weighted by molar-refractivity contribution is 0.0938. The van der Waals surface area contributed by atoms with Crippen molar-refractivity contribution in [2.24, 2.45) is 5.92 Å². The van der Waals surface area contributed by atoms with E-state index in [9.17, 15) is 23.2 Å². The number of aromatic nitrogens is 5. The fraction of sp³-hybridized carbons (Fsp3) is 0.308. The smallest absolute Gasteiger partial charge is 0.314 e. The maximum atomic E-state index is 14.5.